The highest BCUT2D eigenvalue weighted by molar-refractivity contribution is 7.90. The standard InChI is InChI=1S/C12H23NO3S/c1-3-5-12(11-14)6-4-7-13(10-12)8-9-17(2,15)16/h3,14H,1,4-11H2,2H3. The number of rotatable bonds is 6. The van der Waals surface area contributed by atoms with Crippen molar-refractivity contribution in [1.82, 2.24) is 4.90 Å². The van der Waals surface area contributed by atoms with Crippen LogP contribution >= 0.6 is 0 Å². The molecule has 17 heavy (non-hydrogen) atoms. The van der Waals surface area contributed by atoms with Gasteiger partial charge >= 0.3 is 0 Å². The summed E-state index contributed by atoms with van der Waals surface area (Å²) < 4.78 is 22.3. The first-order chi connectivity index (χ1) is 7.91. The molecule has 0 amide bonds. The summed E-state index contributed by atoms with van der Waals surface area (Å²) in [7, 11) is -2.90. The van der Waals surface area contributed by atoms with Gasteiger partial charge in [-0.2, -0.15) is 0 Å². The van der Waals surface area contributed by atoms with Gasteiger partial charge in [0.25, 0.3) is 0 Å². The molecule has 1 aliphatic rings. The van der Waals surface area contributed by atoms with Crippen molar-refractivity contribution >= 4 is 9.84 Å². The minimum Gasteiger partial charge on any atom is -0.396 e. The van der Waals surface area contributed by atoms with Crippen molar-refractivity contribution in [3.63, 3.8) is 0 Å². The number of aliphatic hydroxyl groups excluding tert-OH is 1. The molecule has 100 valence electrons. The molecule has 5 heteroatoms. The number of piperidine rings is 1. The second-order valence-electron chi connectivity index (χ2n) is 5.16. The second-order valence-corrected chi connectivity index (χ2v) is 7.42. The van der Waals surface area contributed by atoms with E-state index in [-0.39, 0.29) is 17.8 Å². The number of hydrogen-bond donors (Lipinski definition) is 1. The van der Waals surface area contributed by atoms with Crippen molar-refractivity contribution in [3.8, 4) is 0 Å². The Labute approximate surface area is 104 Å². The van der Waals surface area contributed by atoms with Gasteiger partial charge < -0.3 is 10.0 Å². The molecule has 0 radical (unpaired) electrons. The highest BCUT2D eigenvalue weighted by atomic mass is 32.2. The number of allylic oxidation sites excluding steroid dienone is 1. The third-order valence-corrected chi connectivity index (χ3v) is 4.36. The topological polar surface area (TPSA) is 57.6 Å². The van der Waals surface area contributed by atoms with Crippen molar-refractivity contribution in [2.24, 2.45) is 5.41 Å². The van der Waals surface area contributed by atoms with E-state index < -0.39 is 9.84 Å². The van der Waals surface area contributed by atoms with E-state index >= 15 is 0 Å². The van der Waals surface area contributed by atoms with E-state index in [0.29, 0.717) is 6.54 Å². The quantitative estimate of drug-likeness (QED) is 0.714. The molecule has 0 aliphatic carbocycles. The Balaban J connectivity index is 2.56. The van der Waals surface area contributed by atoms with Gasteiger partial charge in [0.15, 0.2) is 0 Å². The number of hydrogen-bond acceptors (Lipinski definition) is 4. The first kappa shape index (κ1) is 14.7. The molecule has 0 spiro atoms. The van der Waals surface area contributed by atoms with Gasteiger partial charge in [-0.1, -0.05) is 6.08 Å². The fourth-order valence-corrected chi connectivity index (χ4v) is 3.05. The normalized spacial score (nSPS) is 26.9. The molecular weight excluding hydrogens is 238 g/mol. The Morgan fingerprint density at radius 3 is 2.76 bits per heavy atom. The molecule has 1 saturated heterocycles. The van der Waals surface area contributed by atoms with Crippen molar-refractivity contribution in [3.05, 3.63) is 12.7 Å². The molecule has 1 aliphatic heterocycles. The minimum absolute atomic E-state index is 0.114. The highest BCUT2D eigenvalue weighted by Gasteiger charge is 2.33. The highest BCUT2D eigenvalue weighted by Crippen LogP contribution is 2.33. The lowest BCUT2D eigenvalue weighted by Crippen LogP contribution is -2.46. The summed E-state index contributed by atoms with van der Waals surface area (Å²) in [4.78, 5) is 2.14. The smallest absolute Gasteiger partial charge is 0.148 e. The predicted molar refractivity (Wildman–Crippen MR) is 69.7 cm³/mol. The Bertz CT molecular complexity index is 353. The molecule has 0 saturated carbocycles. The summed E-state index contributed by atoms with van der Waals surface area (Å²) in [5.41, 5.74) is -0.114. The summed E-state index contributed by atoms with van der Waals surface area (Å²) >= 11 is 0. The lowest BCUT2D eigenvalue weighted by Gasteiger charge is -2.41. The fraction of sp³-hybridized carbons (Fsp3) is 0.833. The minimum atomic E-state index is -2.90. The third-order valence-electron chi connectivity index (χ3n) is 3.43. The lowest BCUT2D eigenvalue weighted by molar-refractivity contribution is 0.0372. The second kappa shape index (κ2) is 5.98. The predicted octanol–water partition coefficient (Wildman–Crippen LogP) is 0.682. The third kappa shape index (κ3) is 4.77. The first-order valence-electron chi connectivity index (χ1n) is 6.03. The summed E-state index contributed by atoms with van der Waals surface area (Å²) in [5.74, 6) is 0.197. The van der Waals surface area contributed by atoms with Crippen LogP contribution in [0.25, 0.3) is 0 Å². The maximum Gasteiger partial charge on any atom is 0.148 e. The lowest BCUT2D eigenvalue weighted by atomic mass is 9.78. The average Bonchev–Trinajstić information content (AvgIpc) is 2.26. The molecule has 0 aromatic rings. The molecule has 1 fully saturated rings. The van der Waals surface area contributed by atoms with E-state index in [1.807, 2.05) is 6.08 Å². The maximum atomic E-state index is 11.1. The fourth-order valence-electron chi connectivity index (χ4n) is 2.46. The zero-order valence-corrected chi connectivity index (χ0v) is 11.4. The van der Waals surface area contributed by atoms with Gasteiger partial charge in [-0.25, -0.2) is 8.42 Å². The van der Waals surface area contributed by atoms with Gasteiger partial charge in [-0.15, -0.1) is 6.58 Å². The van der Waals surface area contributed by atoms with Gasteiger partial charge in [0.05, 0.1) is 12.4 Å². The molecule has 1 heterocycles. The van der Waals surface area contributed by atoms with E-state index in [2.05, 4.69) is 11.5 Å². The van der Waals surface area contributed by atoms with E-state index in [9.17, 15) is 13.5 Å². The largest absolute Gasteiger partial charge is 0.396 e. The zero-order chi connectivity index (χ0) is 12.9. The molecule has 1 rings (SSSR count). The number of aliphatic hydroxyl groups is 1. The summed E-state index contributed by atoms with van der Waals surface area (Å²) in [6.45, 7) is 6.14. The maximum absolute atomic E-state index is 11.1. The van der Waals surface area contributed by atoms with Crippen LogP contribution in [0.15, 0.2) is 12.7 Å². The van der Waals surface area contributed by atoms with Crippen molar-refractivity contribution in [2.75, 3.05) is 38.2 Å². The van der Waals surface area contributed by atoms with Crippen LogP contribution in [0.1, 0.15) is 19.3 Å². The van der Waals surface area contributed by atoms with Crippen LogP contribution in [-0.4, -0.2) is 56.7 Å². The van der Waals surface area contributed by atoms with E-state index in [4.69, 9.17) is 0 Å². The van der Waals surface area contributed by atoms with Crippen LogP contribution in [0.5, 0.6) is 0 Å². The molecule has 1 unspecified atom stereocenters. The summed E-state index contributed by atoms with van der Waals surface area (Å²) in [6.07, 6.45) is 5.90. The molecule has 1 atom stereocenters. The molecule has 0 bridgehead atoms. The zero-order valence-electron chi connectivity index (χ0n) is 10.6. The van der Waals surface area contributed by atoms with Gasteiger partial charge in [-0.3, -0.25) is 0 Å². The first-order valence-corrected chi connectivity index (χ1v) is 8.09. The SMILES string of the molecule is C=CCC1(CO)CCCN(CCS(C)(=O)=O)C1. The molecule has 0 aromatic heterocycles. The molecule has 1 N–H and O–H groups in total. The summed E-state index contributed by atoms with van der Waals surface area (Å²) in [5, 5.41) is 9.53. The van der Waals surface area contributed by atoms with Crippen molar-refractivity contribution in [2.45, 2.75) is 19.3 Å². The van der Waals surface area contributed by atoms with Crippen LogP contribution < -0.4 is 0 Å². The van der Waals surface area contributed by atoms with Crippen LogP contribution in [0.4, 0.5) is 0 Å². The Hall–Kier alpha value is -0.390. The van der Waals surface area contributed by atoms with E-state index in [1.165, 1.54) is 6.26 Å². The van der Waals surface area contributed by atoms with Crippen molar-refractivity contribution < 1.29 is 13.5 Å². The number of likely N-dealkylation sites (tertiary alicyclic amines) is 1. The van der Waals surface area contributed by atoms with Crippen molar-refractivity contribution in [1.29, 1.82) is 0 Å². The van der Waals surface area contributed by atoms with Gasteiger partial charge in [0, 0.05) is 24.8 Å². The van der Waals surface area contributed by atoms with Crippen LogP contribution in [0, 0.1) is 5.41 Å². The Kier molecular flexibility index (Phi) is 5.16. The average molecular weight is 261 g/mol. The molecule has 4 nitrogen and oxygen atoms in total. The van der Waals surface area contributed by atoms with Gasteiger partial charge in [0.2, 0.25) is 0 Å². The van der Waals surface area contributed by atoms with Gasteiger partial charge in [0.1, 0.15) is 9.84 Å². The van der Waals surface area contributed by atoms with Crippen LogP contribution in [0.2, 0.25) is 0 Å². The number of sulfone groups is 1. The summed E-state index contributed by atoms with van der Waals surface area (Å²) in [6, 6.07) is 0. The molecule has 0 aromatic carbocycles. The van der Waals surface area contributed by atoms with Crippen LogP contribution in [0.3, 0.4) is 0 Å². The van der Waals surface area contributed by atoms with E-state index in [0.717, 1.165) is 32.4 Å². The van der Waals surface area contributed by atoms with E-state index in [1.54, 1.807) is 0 Å². The molecular formula is C12H23NO3S. The number of nitrogens with zero attached hydrogens (tertiary/aromatic N) is 1. The Morgan fingerprint density at radius 1 is 1.53 bits per heavy atom. The Morgan fingerprint density at radius 2 is 2.24 bits per heavy atom. The van der Waals surface area contributed by atoms with Crippen LogP contribution in [-0.2, 0) is 9.84 Å². The monoisotopic (exact) mass is 261 g/mol. The van der Waals surface area contributed by atoms with Gasteiger partial charge in [-0.05, 0) is 25.8 Å².